The first-order valence-corrected chi connectivity index (χ1v) is 4.90. The normalized spacial score (nSPS) is 9.00. The van der Waals surface area contributed by atoms with E-state index in [9.17, 15) is 9.59 Å². The fourth-order valence-corrected chi connectivity index (χ4v) is 1.19. The van der Waals surface area contributed by atoms with Crippen LogP contribution in [-0.2, 0) is 4.79 Å². The van der Waals surface area contributed by atoms with Crippen LogP contribution in [0, 0.1) is 11.8 Å². The van der Waals surface area contributed by atoms with Crippen LogP contribution in [0.4, 0.5) is 0 Å². The molecule has 0 unspecified atom stereocenters. The van der Waals surface area contributed by atoms with E-state index < -0.39 is 11.8 Å². The van der Waals surface area contributed by atoms with Crippen LogP contribution in [0.25, 0.3) is 0 Å². The molecule has 0 bridgehead atoms. The molecule has 4 N–H and O–H groups in total. The monoisotopic (exact) mass is 232 g/mol. The molecule has 0 heterocycles. The van der Waals surface area contributed by atoms with Crippen molar-refractivity contribution in [3.8, 4) is 11.8 Å². The van der Waals surface area contributed by atoms with E-state index >= 15 is 0 Å². The van der Waals surface area contributed by atoms with Gasteiger partial charge in [0.2, 0.25) is 5.91 Å². The first-order chi connectivity index (χ1) is 8.15. The smallest absolute Gasteiger partial charge is 0.252 e. The molecule has 0 atom stereocenters. The minimum absolute atomic E-state index is 0.222. The van der Waals surface area contributed by atoms with Crippen molar-refractivity contribution in [2.24, 2.45) is 5.73 Å². The summed E-state index contributed by atoms with van der Waals surface area (Å²) in [7, 11) is 0. The molecular weight excluding hydrogens is 220 g/mol. The number of amides is 2. The highest BCUT2D eigenvalue weighted by Crippen LogP contribution is 2.06. The highest BCUT2D eigenvalue weighted by Gasteiger charge is 2.09. The first kappa shape index (κ1) is 12.7. The third-order valence-corrected chi connectivity index (χ3v) is 1.90. The van der Waals surface area contributed by atoms with Crippen LogP contribution in [0.15, 0.2) is 24.3 Å². The van der Waals surface area contributed by atoms with E-state index in [1.807, 2.05) is 0 Å². The number of benzene rings is 1. The third-order valence-electron chi connectivity index (χ3n) is 1.90. The second-order valence-corrected chi connectivity index (χ2v) is 3.15. The van der Waals surface area contributed by atoms with Crippen LogP contribution in [0.5, 0.6) is 0 Å². The quantitative estimate of drug-likeness (QED) is 0.598. The highest BCUT2D eigenvalue weighted by atomic mass is 16.2. The lowest BCUT2D eigenvalue weighted by Gasteiger charge is -2.04. The molecule has 1 aromatic rings. The molecule has 0 spiro atoms. The zero-order valence-electron chi connectivity index (χ0n) is 9.06. The maximum absolute atomic E-state index is 11.7. The summed E-state index contributed by atoms with van der Waals surface area (Å²) in [4.78, 5) is 22.2. The Morgan fingerprint density at radius 3 is 2.71 bits per heavy atom. The van der Waals surface area contributed by atoms with Crippen LogP contribution in [0.2, 0.25) is 0 Å². The van der Waals surface area contributed by atoms with Gasteiger partial charge in [0.1, 0.15) is 6.61 Å². The topological polar surface area (TPSA) is 92.4 Å². The molecule has 0 fully saturated rings. The van der Waals surface area contributed by atoms with E-state index in [4.69, 9.17) is 10.8 Å². The Kier molecular flexibility index (Phi) is 4.73. The van der Waals surface area contributed by atoms with Crippen molar-refractivity contribution in [2.45, 2.75) is 0 Å². The molecule has 0 aromatic heterocycles. The summed E-state index contributed by atoms with van der Waals surface area (Å²) >= 11 is 0. The lowest BCUT2D eigenvalue weighted by molar-refractivity contribution is -0.117. The van der Waals surface area contributed by atoms with Gasteiger partial charge in [-0.1, -0.05) is 24.0 Å². The maximum Gasteiger partial charge on any atom is 0.252 e. The summed E-state index contributed by atoms with van der Waals surface area (Å²) < 4.78 is 0. The number of aliphatic hydroxyl groups is 1. The van der Waals surface area contributed by atoms with Crippen molar-refractivity contribution in [3.63, 3.8) is 0 Å². The lowest BCUT2D eigenvalue weighted by Crippen LogP contribution is -2.33. The lowest BCUT2D eigenvalue weighted by atomic mass is 10.1. The predicted octanol–water partition coefficient (Wildman–Crippen LogP) is -0.755. The minimum atomic E-state index is -0.614. The second kappa shape index (κ2) is 6.30. The van der Waals surface area contributed by atoms with Crippen LogP contribution >= 0.6 is 0 Å². The average molecular weight is 232 g/mol. The van der Waals surface area contributed by atoms with Gasteiger partial charge in [-0.05, 0) is 12.1 Å². The van der Waals surface area contributed by atoms with Gasteiger partial charge in [0, 0.05) is 5.56 Å². The number of hydrogen-bond donors (Lipinski definition) is 3. The van der Waals surface area contributed by atoms with Gasteiger partial charge in [0.05, 0.1) is 12.1 Å². The van der Waals surface area contributed by atoms with Gasteiger partial charge < -0.3 is 16.2 Å². The van der Waals surface area contributed by atoms with Gasteiger partial charge in [0.15, 0.2) is 0 Å². The van der Waals surface area contributed by atoms with Crippen LogP contribution in [0.3, 0.4) is 0 Å². The third kappa shape index (κ3) is 3.97. The molecular formula is C12H12N2O3. The molecule has 0 aliphatic rings. The predicted molar refractivity (Wildman–Crippen MR) is 61.9 cm³/mol. The Labute approximate surface area is 98.6 Å². The summed E-state index contributed by atoms with van der Waals surface area (Å²) in [6.07, 6.45) is 0. The molecule has 88 valence electrons. The summed E-state index contributed by atoms with van der Waals surface area (Å²) in [5.41, 5.74) is 5.75. The van der Waals surface area contributed by atoms with Crippen molar-refractivity contribution in [1.82, 2.24) is 5.32 Å². The van der Waals surface area contributed by atoms with Crippen molar-refractivity contribution in [3.05, 3.63) is 35.4 Å². The molecule has 1 aromatic carbocycles. The summed E-state index contributed by atoms with van der Waals surface area (Å²) in [5.74, 6) is 4.08. The van der Waals surface area contributed by atoms with Crippen molar-refractivity contribution in [2.75, 3.05) is 13.2 Å². The van der Waals surface area contributed by atoms with Gasteiger partial charge >= 0.3 is 0 Å². The molecule has 0 aliphatic heterocycles. The maximum atomic E-state index is 11.7. The van der Waals surface area contributed by atoms with E-state index in [1.54, 1.807) is 24.3 Å². The molecule has 2 amide bonds. The van der Waals surface area contributed by atoms with E-state index in [0.29, 0.717) is 11.1 Å². The number of carbonyl (C=O) groups excluding carboxylic acids is 2. The zero-order valence-corrected chi connectivity index (χ0v) is 9.06. The number of aliphatic hydroxyl groups excluding tert-OH is 1. The van der Waals surface area contributed by atoms with Crippen molar-refractivity contribution < 1.29 is 14.7 Å². The summed E-state index contributed by atoms with van der Waals surface area (Å²) in [5, 5.41) is 11.0. The Balaban J connectivity index is 2.89. The van der Waals surface area contributed by atoms with Crippen LogP contribution in [0.1, 0.15) is 15.9 Å². The number of nitrogens with one attached hydrogen (secondary N) is 1. The Morgan fingerprint density at radius 2 is 2.06 bits per heavy atom. The summed E-state index contributed by atoms with van der Waals surface area (Å²) in [6, 6.07) is 6.65. The van der Waals surface area contributed by atoms with Crippen LogP contribution < -0.4 is 11.1 Å². The molecule has 5 nitrogen and oxygen atoms in total. The number of rotatable bonds is 3. The number of hydrogen-bond acceptors (Lipinski definition) is 3. The average Bonchev–Trinajstić information content (AvgIpc) is 2.33. The molecule has 1 rings (SSSR count). The summed E-state index contributed by atoms with van der Waals surface area (Å²) in [6.45, 7) is -0.502. The van der Waals surface area contributed by atoms with E-state index in [-0.39, 0.29) is 13.2 Å². The zero-order chi connectivity index (χ0) is 12.7. The van der Waals surface area contributed by atoms with Gasteiger partial charge in [-0.3, -0.25) is 9.59 Å². The van der Waals surface area contributed by atoms with Gasteiger partial charge in [-0.2, -0.15) is 0 Å². The SMILES string of the molecule is NC(=O)CNC(=O)c1ccccc1C#CCO. The molecule has 0 aliphatic carbocycles. The van der Waals surface area contributed by atoms with Gasteiger partial charge in [-0.25, -0.2) is 0 Å². The Hall–Kier alpha value is -2.32. The molecule has 0 radical (unpaired) electrons. The molecule has 0 saturated heterocycles. The van der Waals surface area contributed by atoms with Crippen molar-refractivity contribution >= 4 is 11.8 Å². The van der Waals surface area contributed by atoms with Gasteiger partial charge in [-0.15, -0.1) is 0 Å². The van der Waals surface area contributed by atoms with Gasteiger partial charge in [0.25, 0.3) is 5.91 Å². The number of nitrogens with two attached hydrogens (primary N) is 1. The van der Waals surface area contributed by atoms with E-state index in [0.717, 1.165) is 0 Å². The standard InChI is InChI=1S/C12H12N2O3/c13-11(16)8-14-12(17)10-6-2-1-4-9(10)5-3-7-15/h1-2,4,6,15H,7-8H2,(H2,13,16)(H,14,17). The number of carbonyl (C=O) groups is 2. The van der Waals surface area contributed by atoms with E-state index in [2.05, 4.69) is 17.2 Å². The largest absolute Gasteiger partial charge is 0.384 e. The second-order valence-electron chi connectivity index (χ2n) is 3.15. The Morgan fingerprint density at radius 1 is 1.35 bits per heavy atom. The molecule has 5 heteroatoms. The highest BCUT2D eigenvalue weighted by molar-refractivity contribution is 5.98. The van der Waals surface area contributed by atoms with Crippen LogP contribution in [-0.4, -0.2) is 30.1 Å². The first-order valence-electron chi connectivity index (χ1n) is 4.90. The fourth-order valence-electron chi connectivity index (χ4n) is 1.19. The van der Waals surface area contributed by atoms with Crippen molar-refractivity contribution in [1.29, 1.82) is 0 Å². The van der Waals surface area contributed by atoms with E-state index in [1.165, 1.54) is 0 Å². The minimum Gasteiger partial charge on any atom is -0.384 e. The molecule has 17 heavy (non-hydrogen) atoms. The molecule has 0 saturated carbocycles. The Bertz CT molecular complexity index is 486. The fraction of sp³-hybridized carbons (Fsp3) is 0.167. The number of primary amides is 1.